The number of sulfonamides is 1. The summed E-state index contributed by atoms with van der Waals surface area (Å²) in [6.45, 7) is 2.39. The molecule has 0 spiro atoms. The Labute approximate surface area is 173 Å². The molecule has 2 rings (SSSR count). The van der Waals surface area contributed by atoms with Gasteiger partial charge in [0.05, 0.1) is 16.9 Å². The van der Waals surface area contributed by atoms with E-state index in [2.05, 4.69) is 19.7 Å². The first-order chi connectivity index (χ1) is 12.4. The summed E-state index contributed by atoms with van der Waals surface area (Å²) >= 11 is 3.01. The summed E-state index contributed by atoms with van der Waals surface area (Å²) in [5.41, 5.74) is 12.5. The highest BCUT2D eigenvalue weighted by molar-refractivity contribution is 7.98. The van der Waals surface area contributed by atoms with Gasteiger partial charge in [-0.05, 0) is 19.1 Å². The number of nitrogens with zero attached hydrogens (tertiary/aromatic N) is 3. The molecule has 0 aliphatic carbocycles. The average Bonchev–Trinajstić information content (AvgIpc) is 3.01. The topological polar surface area (TPSA) is 136 Å². The third-order valence-corrected chi connectivity index (χ3v) is 6.07. The number of halogens is 1. The molecule has 0 atom stereocenters. The van der Waals surface area contributed by atoms with Crippen LogP contribution < -0.4 is 16.2 Å². The van der Waals surface area contributed by atoms with Crippen molar-refractivity contribution in [1.29, 1.82) is 0 Å². The van der Waals surface area contributed by atoms with Crippen molar-refractivity contribution in [2.45, 2.75) is 17.6 Å². The third-order valence-electron chi connectivity index (χ3n) is 3.01. The van der Waals surface area contributed by atoms with Gasteiger partial charge in [0.2, 0.25) is 5.13 Å². The van der Waals surface area contributed by atoms with Gasteiger partial charge in [-0.3, -0.25) is 9.71 Å². The molecule has 0 aliphatic rings. The lowest BCUT2D eigenvalue weighted by molar-refractivity contribution is 0.593. The van der Waals surface area contributed by atoms with E-state index >= 15 is 0 Å². The maximum absolute atomic E-state index is 12.1. The van der Waals surface area contributed by atoms with Crippen molar-refractivity contribution < 1.29 is 8.42 Å². The molecule has 5 N–H and O–H groups in total. The van der Waals surface area contributed by atoms with Crippen molar-refractivity contribution in [2.24, 2.45) is 21.5 Å². The Hall–Kier alpha value is -1.82. The number of rotatable bonds is 9. The number of hydrogen-bond donors (Lipinski definition) is 3. The van der Waals surface area contributed by atoms with Crippen LogP contribution >= 0.6 is 35.5 Å². The van der Waals surface area contributed by atoms with Crippen LogP contribution in [0.2, 0.25) is 0 Å². The van der Waals surface area contributed by atoms with Crippen LogP contribution in [-0.2, 0) is 15.8 Å². The SMILES string of the molecule is Cc1ccc(S(=O)(=O)NC=NCCSCc2csc(N=C(N)N)n2)cc1.Cl. The fourth-order valence-electron chi connectivity index (χ4n) is 1.78. The lowest BCUT2D eigenvalue weighted by atomic mass is 10.2. The Balaban J connectivity index is 0.00000364. The first kappa shape index (κ1) is 23.2. The molecule has 27 heavy (non-hydrogen) atoms. The Morgan fingerprint density at radius 2 is 2.04 bits per heavy atom. The van der Waals surface area contributed by atoms with Crippen LogP contribution in [0.15, 0.2) is 44.5 Å². The molecular weight excluding hydrogens is 428 g/mol. The van der Waals surface area contributed by atoms with Gasteiger partial charge in [-0.1, -0.05) is 17.7 Å². The molecule has 148 valence electrons. The van der Waals surface area contributed by atoms with Gasteiger partial charge in [0, 0.05) is 23.4 Å². The molecule has 1 aromatic heterocycles. The molecule has 8 nitrogen and oxygen atoms in total. The molecule has 12 heteroatoms. The number of aryl methyl sites for hydroxylation is 1. The predicted octanol–water partition coefficient (Wildman–Crippen LogP) is 2.02. The molecule has 0 radical (unpaired) electrons. The largest absolute Gasteiger partial charge is 0.370 e. The zero-order valence-corrected chi connectivity index (χ0v) is 17.8. The number of nitrogens with two attached hydrogens (primary N) is 2. The standard InChI is InChI=1S/C15H20N6O2S3.ClH/c1-11-2-4-13(5-3-11)26(22,23)19-10-18-6-7-24-8-12-9-25-15(20-12)21-14(16)17;/h2-5,9-10H,6-8H2,1H3,(H,18,19)(H4,16,17,20,21);1H. The number of thiazole rings is 1. The first-order valence-electron chi connectivity index (χ1n) is 7.56. The molecule has 0 unspecified atom stereocenters. The molecule has 0 amide bonds. The van der Waals surface area contributed by atoms with Crippen molar-refractivity contribution in [1.82, 2.24) is 9.71 Å². The number of hydrogen-bond acceptors (Lipinski definition) is 7. The summed E-state index contributed by atoms with van der Waals surface area (Å²) in [7, 11) is -3.57. The normalized spacial score (nSPS) is 11.1. The van der Waals surface area contributed by atoms with Crippen LogP contribution in [-0.4, -0.2) is 38.0 Å². The first-order valence-corrected chi connectivity index (χ1v) is 11.1. The number of aromatic nitrogens is 1. The van der Waals surface area contributed by atoms with Crippen molar-refractivity contribution in [3.63, 3.8) is 0 Å². The van der Waals surface area contributed by atoms with Gasteiger partial charge >= 0.3 is 0 Å². The van der Waals surface area contributed by atoms with Crippen LogP contribution in [0.25, 0.3) is 0 Å². The minimum atomic E-state index is -3.57. The van der Waals surface area contributed by atoms with Crippen LogP contribution in [0.5, 0.6) is 0 Å². The third kappa shape index (κ3) is 8.16. The van der Waals surface area contributed by atoms with E-state index in [1.807, 2.05) is 12.3 Å². The molecule has 0 aliphatic heterocycles. The van der Waals surface area contributed by atoms with Crippen molar-refractivity contribution in [3.8, 4) is 0 Å². The lowest BCUT2D eigenvalue weighted by Gasteiger charge is -2.03. The quantitative estimate of drug-likeness (QED) is 0.305. The smallest absolute Gasteiger partial charge is 0.262 e. The number of guanidine groups is 1. The Morgan fingerprint density at radius 1 is 1.33 bits per heavy atom. The Kier molecular flexibility index (Phi) is 9.56. The van der Waals surface area contributed by atoms with Crippen molar-refractivity contribution >= 4 is 63.0 Å². The van der Waals surface area contributed by atoms with Crippen molar-refractivity contribution in [3.05, 3.63) is 40.9 Å². The van der Waals surface area contributed by atoms with Gasteiger partial charge in [0.1, 0.15) is 0 Å². The number of nitrogens with one attached hydrogen (secondary N) is 1. The van der Waals surface area contributed by atoms with E-state index in [0.717, 1.165) is 17.0 Å². The van der Waals surface area contributed by atoms with Gasteiger partial charge < -0.3 is 11.5 Å². The fourth-order valence-corrected chi connectivity index (χ4v) is 4.17. The zero-order valence-electron chi connectivity index (χ0n) is 14.5. The van der Waals surface area contributed by atoms with E-state index in [9.17, 15) is 8.42 Å². The molecule has 0 saturated carbocycles. The highest BCUT2D eigenvalue weighted by Crippen LogP contribution is 2.21. The summed E-state index contributed by atoms with van der Waals surface area (Å²) in [6.07, 6.45) is 1.22. The second kappa shape index (κ2) is 11.1. The molecule has 0 fully saturated rings. The van der Waals surface area contributed by atoms with E-state index in [0.29, 0.717) is 17.4 Å². The van der Waals surface area contributed by atoms with Crippen LogP contribution in [0.4, 0.5) is 5.13 Å². The summed E-state index contributed by atoms with van der Waals surface area (Å²) in [5, 5.41) is 2.43. The highest BCUT2D eigenvalue weighted by Gasteiger charge is 2.10. The predicted molar refractivity (Wildman–Crippen MR) is 116 cm³/mol. The molecule has 1 heterocycles. The van der Waals surface area contributed by atoms with Gasteiger partial charge in [-0.2, -0.15) is 16.8 Å². The molecular formula is C15H21ClN6O2S3. The number of aliphatic imine (C=N–C) groups is 2. The average molecular weight is 449 g/mol. The molecule has 2 aromatic rings. The van der Waals surface area contributed by atoms with Crippen LogP contribution in [0.1, 0.15) is 11.3 Å². The Morgan fingerprint density at radius 3 is 2.70 bits per heavy atom. The van der Waals surface area contributed by atoms with E-state index in [-0.39, 0.29) is 23.3 Å². The maximum Gasteiger partial charge on any atom is 0.262 e. The highest BCUT2D eigenvalue weighted by atomic mass is 35.5. The van der Waals surface area contributed by atoms with Gasteiger partial charge in [-0.25, -0.2) is 13.4 Å². The molecule has 0 bridgehead atoms. The van der Waals surface area contributed by atoms with Crippen molar-refractivity contribution in [2.75, 3.05) is 12.3 Å². The van der Waals surface area contributed by atoms with Gasteiger partial charge in [0.15, 0.2) is 5.96 Å². The summed E-state index contributed by atoms with van der Waals surface area (Å²) < 4.78 is 26.5. The van der Waals surface area contributed by atoms with E-state index < -0.39 is 10.0 Å². The van der Waals surface area contributed by atoms with Gasteiger partial charge in [0.25, 0.3) is 10.0 Å². The van der Waals surface area contributed by atoms with E-state index in [1.54, 1.807) is 36.0 Å². The summed E-state index contributed by atoms with van der Waals surface area (Å²) in [6, 6.07) is 6.62. The van der Waals surface area contributed by atoms with E-state index in [1.165, 1.54) is 17.7 Å². The monoisotopic (exact) mass is 448 g/mol. The van der Waals surface area contributed by atoms with Gasteiger partial charge in [-0.15, -0.1) is 23.7 Å². The number of thioether (sulfide) groups is 1. The van der Waals surface area contributed by atoms with Crippen LogP contribution in [0, 0.1) is 6.92 Å². The lowest BCUT2D eigenvalue weighted by Crippen LogP contribution is -2.22. The fraction of sp³-hybridized carbons (Fsp3) is 0.267. The second-order valence-corrected chi connectivity index (χ2v) is 8.84. The molecule has 0 saturated heterocycles. The summed E-state index contributed by atoms with van der Waals surface area (Å²) in [5.74, 6) is 1.43. The second-order valence-electron chi connectivity index (χ2n) is 5.18. The molecule has 1 aromatic carbocycles. The Bertz CT molecular complexity index is 877. The zero-order chi connectivity index (χ0) is 19.0. The maximum atomic E-state index is 12.1. The minimum absolute atomic E-state index is 0. The summed E-state index contributed by atoms with van der Waals surface area (Å²) in [4.78, 5) is 12.4. The van der Waals surface area contributed by atoms with E-state index in [4.69, 9.17) is 11.5 Å². The van der Waals surface area contributed by atoms with Crippen LogP contribution in [0.3, 0.4) is 0 Å². The number of benzene rings is 1. The minimum Gasteiger partial charge on any atom is -0.370 e.